The lowest BCUT2D eigenvalue weighted by atomic mass is 10.2. The van der Waals surface area contributed by atoms with Gasteiger partial charge >= 0.3 is 0 Å². The van der Waals surface area contributed by atoms with Crippen LogP contribution < -0.4 is 5.32 Å². The zero-order valence-electron chi connectivity index (χ0n) is 14.3. The molecule has 0 atom stereocenters. The first-order chi connectivity index (χ1) is 11.9. The number of halogens is 1. The molecule has 0 radical (unpaired) electrons. The third kappa shape index (κ3) is 4.24. The van der Waals surface area contributed by atoms with Crippen LogP contribution in [0.2, 0.25) is 5.02 Å². The number of benzene rings is 1. The van der Waals surface area contributed by atoms with Crippen molar-refractivity contribution in [2.75, 3.05) is 5.32 Å². The minimum atomic E-state index is -0.180. The van der Waals surface area contributed by atoms with Crippen LogP contribution in [-0.4, -0.2) is 30.5 Å². The van der Waals surface area contributed by atoms with E-state index in [-0.39, 0.29) is 12.5 Å². The normalized spacial score (nSPS) is 10.9. The van der Waals surface area contributed by atoms with E-state index in [1.807, 2.05) is 44.2 Å². The zero-order valence-corrected chi connectivity index (χ0v) is 15.1. The summed E-state index contributed by atoms with van der Waals surface area (Å²) in [6.07, 6.45) is 0. The summed E-state index contributed by atoms with van der Waals surface area (Å²) in [7, 11) is 0. The van der Waals surface area contributed by atoms with Crippen LogP contribution in [0.5, 0.6) is 0 Å². The average Bonchev–Trinajstić information content (AvgIpc) is 3.01. The molecule has 0 saturated heterocycles. The molecule has 0 unspecified atom stereocenters. The van der Waals surface area contributed by atoms with Crippen molar-refractivity contribution >= 4 is 23.3 Å². The SMILES string of the molecule is Cc1cc(NC(=O)Cn2nc(C)nc2C)n(Cc2cccc(Cl)c2)n1. The summed E-state index contributed by atoms with van der Waals surface area (Å²) >= 11 is 6.03. The first-order valence-corrected chi connectivity index (χ1v) is 8.25. The number of anilines is 1. The number of nitrogens with zero attached hydrogens (tertiary/aromatic N) is 5. The number of rotatable bonds is 5. The van der Waals surface area contributed by atoms with Gasteiger partial charge in [-0.2, -0.15) is 10.2 Å². The highest BCUT2D eigenvalue weighted by molar-refractivity contribution is 6.30. The second-order valence-corrected chi connectivity index (χ2v) is 6.31. The third-order valence-electron chi connectivity index (χ3n) is 3.65. The second kappa shape index (κ2) is 7.06. The molecular weight excluding hydrogens is 340 g/mol. The van der Waals surface area contributed by atoms with Crippen LogP contribution in [0.4, 0.5) is 5.82 Å². The van der Waals surface area contributed by atoms with Crippen molar-refractivity contribution < 1.29 is 4.79 Å². The Bertz CT molecular complexity index is 914. The molecule has 0 spiro atoms. The number of aromatic nitrogens is 5. The van der Waals surface area contributed by atoms with Gasteiger partial charge < -0.3 is 5.32 Å². The predicted molar refractivity (Wildman–Crippen MR) is 95.6 cm³/mol. The van der Waals surface area contributed by atoms with Gasteiger partial charge in [-0.25, -0.2) is 14.3 Å². The van der Waals surface area contributed by atoms with E-state index in [9.17, 15) is 4.79 Å². The van der Waals surface area contributed by atoms with Crippen LogP contribution >= 0.6 is 11.6 Å². The molecule has 3 aromatic rings. The van der Waals surface area contributed by atoms with Gasteiger partial charge in [0.25, 0.3) is 0 Å². The molecule has 0 saturated carbocycles. The Balaban J connectivity index is 1.74. The lowest BCUT2D eigenvalue weighted by Crippen LogP contribution is -2.22. The predicted octanol–water partition coefficient (Wildman–Crippen LogP) is 2.74. The summed E-state index contributed by atoms with van der Waals surface area (Å²) in [6, 6.07) is 9.40. The number of carbonyl (C=O) groups excluding carboxylic acids is 1. The number of aryl methyl sites for hydroxylation is 3. The van der Waals surface area contributed by atoms with E-state index in [1.54, 1.807) is 16.3 Å². The van der Waals surface area contributed by atoms with Gasteiger partial charge in [-0.3, -0.25) is 4.79 Å². The third-order valence-corrected chi connectivity index (χ3v) is 3.88. The summed E-state index contributed by atoms with van der Waals surface area (Å²) in [6.45, 7) is 6.13. The standard InChI is InChI=1S/C17H19ClN6O/c1-11-7-16(20-17(25)10-23-13(3)19-12(2)22-23)24(21-11)9-14-5-4-6-15(18)8-14/h4-8H,9-10H2,1-3H3,(H,20,25). The van der Waals surface area contributed by atoms with E-state index >= 15 is 0 Å². The summed E-state index contributed by atoms with van der Waals surface area (Å²) in [5.41, 5.74) is 1.83. The molecule has 7 nitrogen and oxygen atoms in total. The minimum Gasteiger partial charge on any atom is -0.309 e. The molecule has 130 valence electrons. The van der Waals surface area contributed by atoms with E-state index in [0.717, 1.165) is 11.3 Å². The van der Waals surface area contributed by atoms with Crippen LogP contribution in [0, 0.1) is 20.8 Å². The first-order valence-electron chi connectivity index (χ1n) is 7.87. The molecule has 0 fully saturated rings. The van der Waals surface area contributed by atoms with Gasteiger partial charge in [0.2, 0.25) is 5.91 Å². The van der Waals surface area contributed by atoms with Gasteiger partial charge in [0.15, 0.2) is 0 Å². The van der Waals surface area contributed by atoms with Crippen molar-refractivity contribution in [3.63, 3.8) is 0 Å². The molecule has 1 amide bonds. The van der Waals surface area contributed by atoms with Crippen LogP contribution in [-0.2, 0) is 17.9 Å². The van der Waals surface area contributed by atoms with Crippen molar-refractivity contribution in [3.8, 4) is 0 Å². The fraction of sp³-hybridized carbons (Fsp3) is 0.294. The second-order valence-electron chi connectivity index (χ2n) is 5.87. The van der Waals surface area contributed by atoms with Gasteiger partial charge in [0.05, 0.1) is 12.2 Å². The number of carbonyl (C=O) groups is 1. The Labute approximate surface area is 150 Å². The van der Waals surface area contributed by atoms with Gasteiger partial charge in [-0.15, -0.1) is 0 Å². The van der Waals surface area contributed by atoms with Gasteiger partial charge in [-0.1, -0.05) is 23.7 Å². The molecule has 0 aliphatic heterocycles. The molecule has 1 aromatic carbocycles. The average molecular weight is 359 g/mol. The highest BCUT2D eigenvalue weighted by Crippen LogP contribution is 2.16. The summed E-state index contributed by atoms with van der Waals surface area (Å²) in [5.74, 6) is 1.81. The Morgan fingerprint density at radius 3 is 2.64 bits per heavy atom. The van der Waals surface area contributed by atoms with Crippen LogP contribution in [0.25, 0.3) is 0 Å². The number of hydrogen-bond donors (Lipinski definition) is 1. The molecule has 0 aliphatic rings. The number of amides is 1. The molecular formula is C17H19ClN6O. The molecule has 0 aliphatic carbocycles. The summed E-state index contributed by atoms with van der Waals surface area (Å²) < 4.78 is 3.33. The quantitative estimate of drug-likeness (QED) is 0.760. The molecule has 2 heterocycles. The van der Waals surface area contributed by atoms with Crippen LogP contribution in [0.3, 0.4) is 0 Å². The molecule has 8 heteroatoms. The van der Waals surface area contributed by atoms with E-state index in [2.05, 4.69) is 20.5 Å². The smallest absolute Gasteiger partial charge is 0.247 e. The molecule has 2 aromatic heterocycles. The van der Waals surface area contributed by atoms with Crippen molar-refractivity contribution in [1.29, 1.82) is 0 Å². The number of hydrogen-bond acceptors (Lipinski definition) is 4. The fourth-order valence-corrected chi connectivity index (χ4v) is 2.82. The van der Waals surface area contributed by atoms with E-state index in [4.69, 9.17) is 11.6 Å². The van der Waals surface area contributed by atoms with Crippen molar-refractivity contribution in [2.24, 2.45) is 0 Å². The lowest BCUT2D eigenvalue weighted by Gasteiger charge is -2.10. The lowest BCUT2D eigenvalue weighted by molar-refractivity contribution is -0.117. The van der Waals surface area contributed by atoms with E-state index in [1.165, 1.54) is 0 Å². The Morgan fingerprint density at radius 1 is 1.16 bits per heavy atom. The Morgan fingerprint density at radius 2 is 1.96 bits per heavy atom. The Kier molecular flexibility index (Phi) is 4.85. The monoisotopic (exact) mass is 358 g/mol. The van der Waals surface area contributed by atoms with E-state index in [0.29, 0.717) is 29.0 Å². The van der Waals surface area contributed by atoms with Crippen LogP contribution in [0.1, 0.15) is 22.9 Å². The fourth-order valence-electron chi connectivity index (χ4n) is 2.60. The topological polar surface area (TPSA) is 77.6 Å². The highest BCUT2D eigenvalue weighted by atomic mass is 35.5. The Hall–Kier alpha value is -2.67. The van der Waals surface area contributed by atoms with Gasteiger partial charge in [0.1, 0.15) is 24.0 Å². The van der Waals surface area contributed by atoms with Crippen molar-refractivity contribution in [1.82, 2.24) is 24.5 Å². The number of nitrogens with one attached hydrogen (secondary N) is 1. The maximum absolute atomic E-state index is 12.3. The largest absolute Gasteiger partial charge is 0.309 e. The maximum Gasteiger partial charge on any atom is 0.247 e. The molecule has 25 heavy (non-hydrogen) atoms. The van der Waals surface area contributed by atoms with Crippen molar-refractivity contribution in [2.45, 2.75) is 33.9 Å². The minimum absolute atomic E-state index is 0.105. The first kappa shape index (κ1) is 17.2. The van der Waals surface area contributed by atoms with Crippen molar-refractivity contribution in [3.05, 3.63) is 58.3 Å². The molecule has 1 N–H and O–H groups in total. The molecule has 0 bridgehead atoms. The molecule has 3 rings (SSSR count). The van der Waals surface area contributed by atoms with E-state index < -0.39 is 0 Å². The summed E-state index contributed by atoms with van der Waals surface area (Å²) in [5, 5.41) is 12.2. The zero-order chi connectivity index (χ0) is 18.0. The highest BCUT2D eigenvalue weighted by Gasteiger charge is 2.12. The van der Waals surface area contributed by atoms with Gasteiger partial charge in [0, 0.05) is 11.1 Å². The van der Waals surface area contributed by atoms with Gasteiger partial charge in [-0.05, 0) is 38.5 Å². The summed E-state index contributed by atoms with van der Waals surface area (Å²) in [4.78, 5) is 16.5. The van der Waals surface area contributed by atoms with Crippen LogP contribution in [0.15, 0.2) is 30.3 Å². The maximum atomic E-state index is 12.3.